The van der Waals surface area contributed by atoms with Gasteiger partial charge in [0.1, 0.15) is 0 Å². The van der Waals surface area contributed by atoms with E-state index in [9.17, 15) is 0 Å². The van der Waals surface area contributed by atoms with Gasteiger partial charge in [0.15, 0.2) is 45.8 Å². The third-order valence-electron chi connectivity index (χ3n) is 7.36. The van der Waals surface area contributed by atoms with Crippen molar-refractivity contribution in [3.63, 3.8) is 0 Å². The molecule has 5 rings (SSSR count). The zero-order valence-corrected chi connectivity index (χ0v) is 23.3. The number of rotatable bonds is 6. The minimum absolute atomic E-state index is 0.724. The predicted molar refractivity (Wildman–Crippen MR) is 150 cm³/mol. The largest absolute Gasteiger partial charge is 0.493 e. The molecule has 0 atom stereocenters. The van der Waals surface area contributed by atoms with Gasteiger partial charge in [-0.25, -0.2) is 0 Å². The average molecular weight is 511 g/mol. The van der Waals surface area contributed by atoms with E-state index in [4.69, 9.17) is 18.9 Å². The third kappa shape index (κ3) is 4.06. The van der Waals surface area contributed by atoms with Crippen molar-refractivity contribution < 1.29 is 28.1 Å². The fraction of sp³-hybridized carbons (Fsp3) is 0.250. The first-order chi connectivity index (χ1) is 18.3. The normalized spacial score (nSPS) is 11.2. The van der Waals surface area contributed by atoms with Crippen molar-refractivity contribution in [2.45, 2.75) is 27.7 Å². The second-order valence-electron chi connectivity index (χ2n) is 9.52. The number of nitrogens with zero attached hydrogens (tertiary/aromatic N) is 2. The minimum Gasteiger partial charge on any atom is -0.493 e. The lowest BCUT2D eigenvalue weighted by Crippen LogP contribution is -2.39. The molecule has 2 heterocycles. The van der Waals surface area contributed by atoms with Crippen LogP contribution in [0.15, 0.2) is 60.7 Å². The van der Waals surface area contributed by atoms with Crippen LogP contribution in [0.1, 0.15) is 22.8 Å². The molecule has 0 saturated carbocycles. The van der Waals surface area contributed by atoms with Crippen LogP contribution >= 0.6 is 0 Å². The Morgan fingerprint density at radius 1 is 0.447 bits per heavy atom. The Morgan fingerprint density at radius 3 is 1.08 bits per heavy atom. The van der Waals surface area contributed by atoms with Gasteiger partial charge in [0, 0.05) is 64.1 Å². The number of benzene rings is 3. The number of hydrogen-bond donors (Lipinski definition) is 0. The first kappa shape index (κ1) is 25.3. The lowest BCUT2D eigenvalue weighted by atomic mass is 10.1. The summed E-state index contributed by atoms with van der Waals surface area (Å²) in [6, 6.07) is 21.2. The van der Waals surface area contributed by atoms with Gasteiger partial charge < -0.3 is 18.9 Å². The number of pyridine rings is 2. The Bertz CT molecular complexity index is 1570. The molecule has 0 radical (unpaired) electrons. The summed E-state index contributed by atoms with van der Waals surface area (Å²) in [5, 5.41) is 4.49. The molecule has 0 bridgehead atoms. The molecule has 0 aliphatic carbocycles. The van der Waals surface area contributed by atoms with Gasteiger partial charge in [-0.15, -0.1) is 0 Å². The number of aromatic nitrogens is 2. The minimum atomic E-state index is 0.724. The number of methoxy groups -OCH3 is 4. The second kappa shape index (κ2) is 9.86. The van der Waals surface area contributed by atoms with Crippen molar-refractivity contribution in [2.75, 3.05) is 28.4 Å². The highest BCUT2D eigenvalue weighted by molar-refractivity contribution is 5.88. The standard InChI is InChI=1S/C32H34N2O4/c1-19-13-23-15-29(35-5)31(37-7)17-27(23)21(3)33(19)25-9-11-26(12-10-25)34-20(2)14-24-16-30(36-6)32(38-8)18-28(24)22(34)4/h9-18H,1-8H3/q+2. The number of aryl methyl sites for hydroxylation is 4. The van der Waals surface area contributed by atoms with E-state index in [1.54, 1.807) is 28.4 Å². The maximum atomic E-state index is 5.57. The number of fused-ring (bicyclic) bond motifs is 2. The molecule has 5 aromatic rings. The van der Waals surface area contributed by atoms with Gasteiger partial charge in [-0.3, -0.25) is 0 Å². The molecule has 6 heteroatoms. The summed E-state index contributed by atoms with van der Waals surface area (Å²) in [5.74, 6) is 2.91. The van der Waals surface area contributed by atoms with Crippen LogP contribution in [0.5, 0.6) is 23.0 Å². The van der Waals surface area contributed by atoms with Crippen LogP contribution < -0.4 is 28.1 Å². The Morgan fingerprint density at radius 2 is 0.763 bits per heavy atom. The summed E-state index contributed by atoms with van der Waals surface area (Å²) < 4.78 is 26.7. The second-order valence-corrected chi connectivity index (χ2v) is 9.52. The predicted octanol–water partition coefficient (Wildman–Crippen LogP) is 5.81. The number of hydrogen-bond acceptors (Lipinski definition) is 4. The zero-order chi connectivity index (χ0) is 27.1. The SMILES string of the molecule is COc1cc2cc(C)[n+](-c3ccc(-[n+]4c(C)cc5cc(OC)c(OC)cc5c4C)cc3)c(C)c2cc1OC. The van der Waals surface area contributed by atoms with Gasteiger partial charge in [-0.1, -0.05) is 0 Å². The molecular weight excluding hydrogens is 476 g/mol. The van der Waals surface area contributed by atoms with Crippen molar-refractivity contribution in [3.8, 4) is 34.4 Å². The van der Waals surface area contributed by atoms with Crippen LogP contribution in [-0.2, 0) is 0 Å². The monoisotopic (exact) mass is 510 g/mol. The fourth-order valence-electron chi connectivity index (χ4n) is 5.55. The summed E-state index contributed by atoms with van der Waals surface area (Å²) in [7, 11) is 6.67. The van der Waals surface area contributed by atoms with Crippen LogP contribution in [0.2, 0.25) is 0 Å². The summed E-state index contributed by atoms with van der Waals surface area (Å²) in [6.45, 7) is 8.54. The van der Waals surface area contributed by atoms with Crippen LogP contribution in [0.4, 0.5) is 0 Å². The van der Waals surface area contributed by atoms with Gasteiger partial charge >= 0.3 is 0 Å². The van der Waals surface area contributed by atoms with Gasteiger partial charge in [0.25, 0.3) is 0 Å². The van der Waals surface area contributed by atoms with Gasteiger partial charge in [0.2, 0.25) is 11.4 Å². The first-order valence-corrected chi connectivity index (χ1v) is 12.6. The molecule has 0 fully saturated rings. The Labute approximate surface area is 223 Å². The molecule has 0 saturated heterocycles. The van der Waals surface area contributed by atoms with Gasteiger partial charge in [-0.05, 0) is 35.0 Å². The fourth-order valence-corrected chi connectivity index (χ4v) is 5.55. The number of ether oxygens (including phenoxy) is 4. The van der Waals surface area contributed by atoms with Crippen LogP contribution in [0, 0.1) is 27.7 Å². The van der Waals surface area contributed by atoms with Crippen molar-refractivity contribution >= 4 is 21.5 Å². The van der Waals surface area contributed by atoms with E-state index in [-0.39, 0.29) is 0 Å². The van der Waals surface area contributed by atoms with Crippen LogP contribution in [0.25, 0.3) is 32.9 Å². The maximum Gasteiger partial charge on any atom is 0.211 e. The smallest absolute Gasteiger partial charge is 0.211 e. The van der Waals surface area contributed by atoms with Gasteiger partial charge in [0.05, 0.1) is 39.2 Å². The van der Waals surface area contributed by atoms with Crippen molar-refractivity contribution in [3.05, 3.63) is 83.4 Å². The Kier molecular flexibility index (Phi) is 6.57. The molecule has 0 aliphatic rings. The first-order valence-electron chi connectivity index (χ1n) is 12.6. The van der Waals surface area contributed by atoms with E-state index < -0.39 is 0 Å². The lowest BCUT2D eigenvalue weighted by molar-refractivity contribution is -0.611. The molecular formula is C32H34N2O4+2. The van der Waals surface area contributed by atoms with E-state index in [0.29, 0.717) is 0 Å². The quantitative estimate of drug-likeness (QED) is 0.270. The van der Waals surface area contributed by atoms with E-state index in [1.165, 1.54) is 0 Å². The van der Waals surface area contributed by atoms with Crippen molar-refractivity contribution in [1.29, 1.82) is 0 Å². The molecule has 0 spiro atoms. The van der Waals surface area contributed by atoms with E-state index in [0.717, 1.165) is 78.7 Å². The molecule has 2 aromatic heterocycles. The molecule has 0 N–H and O–H groups in total. The molecule has 38 heavy (non-hydrogen) atoms. The highest BCUT2D eigenvalue weighted by atomic mass is 16.5. The highest BCUT2D eigenvalue weighted by Crippen LogP contribution is 2.34. The maximum absolute atomic E-state index is 5.57. The molecule has 0 aliphatic heterocycles. The molecule has 194 valence electrons. The Balaban J connectivity index is 1.62. The zero-order valence-electron chi connectivity index (χ0n) is 23.3. The molecule has 0 amide bonds. The van der Waals surface area contributed by atoms with Crippen LogP contribution in [0.3, 0.4) is 0 Å². The summed E-state index contributed by atoms with van der Waals surface area (Å²) in [4.78, 5) is 0. The molecule has 6 nitrogen and oxygen atoms in total. The van der Waals surface area contributed by atoms with E-state index in [1.807, 2.05) is 12.1 Å². The summed E-state index contributed by atoms with van der Waals surface area (Å²) >= 11 is 0. The lowest BCUT2D eigenvalue weighted by Gasteiger charge is -2.12. The topological polar surface area (TPSA) is 44.7 Å². The van der Waals surface area contributed by atoms with E-state index in [2.05, 4.69) is 85.4 Å². The van der Waals surface area contributed by atoms with Crippen molar-refractivity contribution in [1.82, 2.24) is 0 Å². The summed E-state index contributed by atoms with van der Waals surface area (Å²) in [5.41, 5.74) is 6.76. The third-order valence-corrected chi connectivity index (χ3v) is 7.36. The van der Waals surface area contributed by atoms with Crippen molar-refractivity contribution in [2.24, 2.45) is 0 Å². The van der Waals surface area contributed by atoms with Crippen LogP contribution in [-0.4, -0.2) is 28.4 Å². The average Bonchev–Trinajstić information content (AvgIpc) is 2.92. The highest BCUT2D eigenvalue weighted by Gasteiger charge is 2.23. The van der Waals surface area contributed by atoms with E-state index >= 15 is 0 Å². The van der Waals surface area contributed by atoms with Gasteiger partial charge in [-0.2, -0.15) is 9.13 Å². The summed E-state index contributed by atoms with van der Waals surface area (Å²) in [6.07, 6.45) is 0. The Hall–Kier alpha value is -4.32. The molecule has 0 unspecified atom stereocenters. The molecule has 3 aromatic carbocycles.